The minimum absolute atomic E-state index is 0.146. The van der Waals surface area contributed by atoms with Gasteiger partial charge in [-0.15, -0.1) is 0 Å². The lowest BCUT2D eigenvalue weighted by Gasteiger charge is -2.39. The molecule has 0 bridgehead atoms. The highest BCUT2D eigenvalue weighted by atomic mass is 32.2. The Morgan fingerprint density at radius 3 is 2.71 bits per heavy atom. The first kappa shape index (κ1) is 14.9. The fraction of sp³-hybridized carbons (Fsp3) is 0.500. The summed E-state index contributed by atoms with van der Waals surface area (Å²) < 4.78 is 32.2. The molecule has 0 atom stereocenters. The van der Waals surface area contributed by atoms with Crippen molar-refractivity contribution in [2.45, 2.75) is 17.7 Å². The summed E-state index contributed by atoms with van der Waals surface area (Å²) >= 11 is 4.44. The lowest BCUT2D eigenvalue weighted by Crippen LogP contribution is -2.45. The van der Waals surface area contributed by atoms with Gasteiger partial charge >= 0.3 is 0 Å². The van der Waals surface area contributed by atoms with Crippen molar-refractivity contribution in [1.29, 1.82) is 0 Å². The predicted molar refractivity (Wildman–Crippen MR) is 84.8 cm³/mol. The summed E-state index contributed by atoms with van der Waals surface area (Å²) in [6, 6.07) is 6.82. The Balaban J connectivity index is 1.91. The molecule has 0 amide bonds. The van der Waals surface area contributed by atoms with Crippen LogP contribution in [0.1, 0.15) is 12.8 Å². The van der Waals surface area contributed by atoms with Crippen molar-refractivity contribution in [3.63, 3.8) is 0 Å². The smallest absolute Gasteiger partial charge is 0.267 e. The summed E-state index contributed by atoms with van der Waals surface area (Å²) in [7, 11) is -3.52. The van der Waals surface area contributed by atoms with Gasteiger partial charge in [0.05, 0.1) is 5.69 Å². The number of aliphatic imine (C=N–C) groups is 1. The van der Waals surface area contributed by atoms with E-state index in [1.807, 2.05) is 0 Å². The number of ether oxygens (including phenoxy) is 1. The molecule has 0 radical (unpaired) electrons. The van der Waals surface area contributed by atoms with Gasteiger partial charge in [-0.05, 0) is 30.7 Å². The topological polar surface area (TPSA) is 59.0 Å². The first-order valence-electron chi connectivity index (χ1n) is 6.91. The molecule has 21 heavy (non-hydrogen) atoms. The number of hydrogen-bond acceptors (Lipinski definition) is 5. The minimum atomic E-state index is -3.52. The van der Waals surface area contributed by atoms with E-state index in [4.69, 9.17) is 4.74 Å². The molecule has 7 heteroatoms. The van der Waals surface area contributed by atoms with Gasteiger partial charge in [-0.1, -0.05) is 12.1 Å². The third-order valence-corrected chi connectivity index (χ3v) is 6.57. The van der Waals surface area contributed by atoms with Crippen LogP contribution in [0, 0.1) is 5.41 Å². The van der Waals surface area contributed by atoms with E-state index in [0.717, 1.165) is 12.8 Å². The van der Waals surface area contributed by atoms with E-state index in [9.17, 15) is 8.42 Å². The van der Waals surface area contributed by atoms with Gasteiger partial charge in [0, 0.05) is 25.2 Å². The molecule has 2 aliphatic rings. The molecule has 1 aromatic carbocycles. The van der Waals surface area contributed by atoms with Crippen molar-refractivity contribution >= 4 is 34.7 Å². The number of benzene rings is 1. The Hall–Kier alpha value is -1.05. The Morgan fingerprint density at radius 1 is 1.29 bits per heavy atom. The molecule has 0 aliphatic carbocycles. The zero-order valence-electron chi connectivity index (χ0n) is 11.6. The molecule has 1 fully saturated rings. The predicted octanol–water partition coefficient (Wildman–Crippen LogP) is 2.08. The normalized spacial score (nSPS) is 22.8. The highest BCUT2D eigenvalue weighted by Gasteiger charge is 2.38. The number of thiol groups is 1. The van der Waals surface area contributed by atoms with E-state index in [1.54, 1.807) is 24.3 Å². The average Bonchev–Trinajstić information content (AvgIpc) is 2.51. The van der Waals surface area contributed by atoms with Crippen LogP contribution in [-0.4, -0.2) is 44.6 Å². The lowest BCUT2D eigenvalue weighted by atomic mass is 9.82. The van der Waals surface area contributed by atoms with Crippen LogP contribution in [0.25, 0.3) is 0 Å². The first-order valence-corrected chi connectivity index (χ1v) is 8.98. The molecule has 3 rings (SSSR count). The number of para-hydroxylation sites is 1. The highest BCUT2D eigenvalue weighted by molar-refractivity contribution is 7.89. The van der Waals surface area contributed by atoms with E-state index in [-0.39, 0.29) is 10.3 Å². The van der Waals surface area contributed by atoms with Crippen molar-refractivity contribution in [3.05, 3.63) is 24.3 Å². The first-order chi connectivity index (χ1) is 10.1. The highest BCUT2D eigenvalue weighted by Crippen LogP contribution is 2.36. The molecule has 0 aromatic heterocycles. The Kier molecular flexibility index (Phi) is 3.98. The van der Waals surface area contributed by atoms with Gasteiger partial charge in [0.1, 0.15) is 11.2 Å². The van der Waals surface area contributed by atoms with Crippen LogP contribution in [0.15, 0.2) is 34.2 Å². The van der Waals surface area contributed by atoms with E-state index in [2.05, 4.69) is 17.6 Å². The summed E-state index contributed by atoms with van der Waals surface area (Å²) in [4.78, 5) is 4.54. The summed E-state index contributed by atoms with van der Waals surface area (Å²) in [5, 5.41) is 0. The standard InChI is InChI=1S/C14H18N2O3S2/c17-21(18)13-4-2-1-3-12(13)15-11-16(21)9-14(10-20)5-7-19-8-6-14/h1-4,11,20H,5-10H2. The van der Waals surface area contributed by atoms with Crippen LogP contribution in [0.4, 0.5) is 5.69 Å². The van der Waals surface area contributed by atoms with Gasteiger partial charge in [-0.3, -0.25) is 4.31 Å². The number of hydrogen-bond donors (Lipinski definition) is 1. The maximum Gasteiger partial charge on any atom is 0.267 e. The SMILES string of the molecule is O=S1(=O)c2ccccc2N=CN1CC1(CS)CCOCC1. The van der Waals surface area contributed by atoms with E-state index in [1.165, 1.54) is 10.6 Å². The molecule has 1 saturated heterocycles. The monoisotopic (exact) mass is 326 g/mol. The fourth-order valence-corrected chi connectivity index (χ4v) is 4.64. The van der Waals surface area contributed by atoms with Crippen molar-refractivity contribution in [1.82, 2.24) is 4.31 Å². The molecular formula is C14H18N2O3S2. The third kappa shape index (κ3) is 2.69. The summed E-state index contributed by atoms with van der Waals surface area (Å²) in [5.41, 5.74) is 0.355. The van der Waals surface area contributed by atoms with Crippen LogP contribution in [-0.2, 0) is 14.8 Å². The molecule has 0 spiro atoms. The molecule has 2 heterocycles. The van der Waals surface area contributed by atoms with E-state index in [0.29, 0.717) is 31.2 Å². The van der Waals surface area contributed by atoms with Crippen molar-refractivity contribution < 1.29 is 13.2 Å². The lowest BCUT2D eigenvalue weighted by molar-refractivity contribution is 0.0230. The Labute approximate surface area is 130 Å². The second-order valence-corrected chi connectivity index (χ2v) is 7.71. The molecular weight excluding hydrogens is 308 g/mol. The van der Waals surface area contributed by atoms with Crippen LogP contribution < -0.4 is 0 Å². The molecule has 2 aliphatic heterocycles. The van der Waals surface area contributed by atoms with Crippen LogP contribution in [0.2, 0.25) is 0 Å². The van der Waals surface area contributed by atoms with Gasteiger partial charge < -0.3 is 4.74 Å². The molecule has 0 saturated carbocycles. The van der Waals surface area contributed by atoms with Crippen molar-refractivity contribution in [2.75, 3.05) is 25.5 Å². The van der Waals surface area contributed by atoms with Gasteiger partial charge in [0.15, 0.2) is 0 Å². The maximum atomic E-state index is 12.7. The zero-order valence-corrected chi connectivity index (χ0v) is 13.3. The molecule has 0 N–H and O–H groups in total. The Morgan fingerprint density at radius 2 is 2.00 bits per heavy atom. The quantitative estimate of drug-likeness (QED) is 0.865. The third-order valence-electron chi connectivity index (χ3n) is 4.16. The van der Waals surface area contributed by atoms with E-state index >= 15 is 0 Å². The number of nitrogens with zero attached hydrogens (tertiary/aromatic N) is 2. The summed E-state index contributed by atoms with van der Waals surface area (Å²) in [6.45, 7) is 1.71. The number of sulfonamides is 1. The van der Waals surface area contributed by atoms with Crippen LogP contribution >= 0.6 is 12.6 Å². The largest absolute Gasteiger partial charge is 0.381 e. The van der Waals surface area contributed by atoms with E-state index < -0.39 is 10.0 Å². The average molecular weight is 326 g/mol. The second-order valence-electron chi connectivity index (χ2n) is 5.53. The van der Waals surface area contributed by atoms with Crippen molar-refractivity contribution in [3.8, 4) is 0 Å². The number of fused-ring (bicyclic) bond motifs is 1. The van der Waals surface area contributed by atoms with Crippen molar-refractivity contribution in [2.24, 2.45) is 10.4 Å². The zero-order chi connectivity index (χ0) is 14.9. The van der Waals surface area contributed by atoms with Gasteiger partial charge in [-0.2, -0.15) is 12.6 Å². The Bertz CT molecular complexity index is 652. The van der Waals surface area contributed by atoms with Gasteiger partial charge in [0.2, 0.25) is 0 Å². The summed E-state index contributed by atoms with van der Waals surface area (Å²) in [6.07, 6.45) is 3.06. The molecule has 0 unspecified atom stereocenters. The molecule has 1 aromatic rings. The second kappa shape index (κ2) is 5.62. The number of rotatable bonds is 3. The van der Waals surface area contributed by atoms with Gasteiger partial charge in [0.25, 0.3) is 10.0 Å². The fourth-order valence-electron chi connectivity index (χ4n) is 2.72. The molecule has 114 valence electrons. The van der Waals surface area contributed by atoms with Crippen LogP contribution in [0.5, 0.6) is 0 Å². The molecule has 5 nitrogen and oxygen atoms in total. The maximum absolute atomic E-state index is 12.7. The van der Waals surface area contributed by atoms with Gasteiger partial charge in [-0.25, -0.2) is 13.4 Å². The van der Waals surface area contributed by atoms with Crippen LogP contribution in [0.3, 0.4) is 0 Å². The minimum Gasteiger partial charge on any atom is -0.381 e. The summed E-state index contributed by atoms with van der Waals surface area (Å²) in [5.74, 6) is 0.637.